The molecule has 0 heterocycles. The fourth-order valence-electron chi connectivity index (χ4n) is 5.00. The summed E-state index contributed by atoms with van der Waals surface area (Å²) in [5.74, 6) is 1.95. The molecule has 0 amide bonds. The van der Waals surface area contributed by atoms with Crippen molar-refractivity contribution in [2.24, 2.45) is 0 Å². The largest absolute Gasteiger partial charge is 0.494 e. The molecule has 220 valence electrons. The van der Waals surface area contributed by atoms with Gasteiger partial charge in [0.2, 0.25) is 0 Å². The number of ether oxygens (including phenoxy) is 2. The molecular formula is C35H54Br2O2. The summed E-state index contributed by atoms with van der Waals surface area (Å²) in [5, 5.41) is 2.29. The lowest BCUT2D eigenvalue weighted by molar-refractivity contribution is 0.304. The van der Waals surface area contributed by atoms with Gasteiger partial charge in [-0.05, 0) is 61.1 Å². The number of alkyl halides is 2. The lowest BCUT2D eigenvalue weighted by Crippen LogP contribution is -2.18. The highest BCUT2D eigenvalue weighted by molar-refractivity contribution is 9.09. The van der Waals surface area contributed by atoms with Crippen molar-refractivity contribution in [3.05, 3.63) is 59.7 Å². The molecule has 0 aliphatic heterocycles. The molecule has 0 radical (unpaired) electrons. The zero-order chi connectivity index (χ0) is 28.0. The third-order valence-electron chi connectivity index (χ3n) is 7.75. The third kappa shape index (κ3) is 15.0. The molecule has 0 atom stereocenters. The third-order valence-corrected chi connectivity index (χ3v) is 8.87. The Morgan fingerprint density at radius 3 is 1.03 bits per heavy atom. The maximum atomic E-state index is 6.02. The molecule has 0 aliphatic rings. The molecule has 0 bridgehead atoms. The molecule has 0 N–H and O–H groups in total. The van der Waals surface area contributed by atoms with Crippen LogP contribution in [0.1, 0.15) is 128 Å². The minimum atomic E-state index is -0.0694. The Kier molecular flexibility index (Phi) is 19.0. The fraction of sp³-hybridized carbons (Fsp3) is 0.657. The number of rotatable bonds is 24. The number of unbranched alkanes of at least 4 members (excludes halogenated alkanes) is 14. The van der Waals surface area contributed by atoms with E-state index in [4.69, 9.17) is 9.47 Å². The van der Waals surface area contributed by atoms with Crippen LogP contribution < -0.4 is 9.47 Å². The molecule has 4 heteroatoms. The van der Waals surface area contributed by atoms with Gasteiger partial charge in [0.15, 0.2) is 0 Å². The highest BCUT2D eigenvalue weighted by Gasteiger charge is 2.23. The Balaban J connectivity index is 1.63. The van der Waals surface area contributed by atoms with Crippen LogP contribution in [-0.4, -0.2) is 23.9 Å². The van der Waals surface area contributed by atoms with Crippen LogP contribution in [0.15, 0.2) is 48.5 Å². The average Bonchev–Trinajstić information content (AvgIpc) is 2.95. The van der Waals surface area contributed by atoms with Gasteiger partial charge in [0.1, 0.15) is 11.5 Å². The molecule has 2 rings (SSSR count). The quantitative estimate of drug-likeness (QED) is 0.0820. The molecule has 0 saturated carbocycles. The number of halogens is 2. The highest BCUT2D eigenvalue weighted by atomic mass is 79.9. The van der Waals surface area contributed by atoms with Crippen molar-refractivity contribution in [1.29, 1.82) is 0 Å². The maximum absolute atomic E-state index is 6.02. The lowest BCUT2D eigenvalue weighted by Gasteiger charge is -2.26. The van der Waals surface area contributed by atoms with Crippen LogP contribution in [-0.2, 0) is 5.41 Å². The summed E-state index contributed by atoms with van der Waals surface area (Å²) in [4.78, 5) is 0. The van der Waals surface area contributed by atoms with Crippen molar-refractivity contribution in [2.75, 3.05) is 23.9 Å². The molecule has 0 unspecified atom stereocenters. The first-order valence-corrected chi connectivity index (χ1v) is 17.9. The molecule has 2 aromatic rings. The van der Waals surface area contributed by atoms with Gasteiger partial charge in [0, 0.05) is 16.1 Å². The Hall–Kier alpha value is -1.00. The van der Waals surface area contributed by atoms with E-state index in [0.717, 1.165) is 48.2 Å². The summed E-state index contributed by atoms with van der Waals surface area (Å²) in [5.41, 5.74) is 2.53. The topological polar surface area (TPSA) is 18.5 Å². The van der Waals surface area contributed by atoms with E-state index in [9.17, 15) is 0 Å². The first kappa shape index (κ1) is 34.2. The zero-order valence-corrected chi connectivity index (χ0v) is 28.0. The molecular weight excluding hydrogens is 612 g/mol. The summed E-state index contributed by atoms with van der Waals surface area (Å²) >= 11 is 7.01. The van der Waals surface area contributed by atoms with Crippen molar-refractivity contribution in [3.8, 4) is 11.5 Å². The van der Waals surface area contributed by atoms with E-state index >= 15 is 0 Å². The Morgan fingerprint density at radius 1 is 0.436 bits per heavy atom. The molecule has 0 aliphatic carbocycles. The summed E-state index contributed by atoms with van der Waals surface area (Å²) in [6, 6.07) is 17.4. The number of benzene rings is 2. The second-order valence-corrected chi connectivity index (χ2v) is 13.0. The van der Waals surface area contributed by atoms with E-state index in [1.165, 1.54) is 101 Å². The summed E-state index contributed by atoms with van der Waals surface area (Å²) in [6.45, 7) is 6.20. The van der Waals surface area contributed by atoms with Crippen molar-refractivity contribution < 1.29 is 9.47 Å². The smallest absolute Gasteiger partial charge is 0.119 e. The van der Waals surface area contributed by atoms with Crippen molar-refractivity contribution in [1.82, 2.24) is 0 Å². The van der Waals surface area contributed by atoms with E-state index in [1.54, 1.807) is 0 Å². The predicted octanol–water partition coefficient (Wildman–Crippen LogP) is 11.8. The second-order valence-electron chi connectivity index (χ2n) is 11.4. The Labute approximate surface area is 257 Å². The second kappa shape index (κ2) is 21.7. The van der Waals surface area contributed by atoms with Crippen molar-refractivity contribution >= 4 is 31.9 Å². The van der Waals surface area contributed by atoms with Gasteiger partial charge in [0.05, 0.1) is 13.2 Å². The molecule has 0 aromatic heterocycles. The van der Waals surface area contributed by atoms with E-state index < -0.39 is 0 Å². The van der Waals surface area contributed by atoms with Crippen LogP contribution in [0.2, 0.25) is 0 Å². The van der Waals surface area contributed by atoms with Gasteiger partial charge in [-0.25, -0.2) is 0 Å². The van der Waals surface area contributed by atoms with Gasteiger partial charge in [-0.1, -0.05) is 147 Å². The van der Waals surface area contributed by atoms with Crippen molar-refractivity contribution in [2.45, 2.75) is 122 Å². The van der Waals surface area contributed by atoms with Crippen LogP contribution in [0, 0.1) is 0 Å². The van der Waals surface area contributed by atoms with E-state index in [0.29, 0.717) is 0 Å². The van der Waals surface area contributed by atoms with Crippen LogP contribution in [0.3, 0.4) is 0 Å². The van der Waals surface area contributed by atoms with Crippen LogP contribution in [0.25, 0.3) is 0 Å². The number of hydrogen-bond acceptors (Lipinski definition) is 2. The highest BCUT2D eigenvalue weighted by Crippen LogP contribution is 2.33. The van der Waals surface area contributed by atoms with Gasteiger partial charge < -0.3 is 9.47 Å². The molecule has 39 heavy (non-hydrogen) atoms. The Bertz CT molecular complexity index is 763. The summed E-state index contributed by atoms with van der Waals surface area (Å²) in [6.07, 6.45) is 21.0. The van der Waals surface area contributed by atoms with Gasteiger partial charge >= 0.3 is 0 Å². The van der Waals surface area contributed by atoms with E-state index in [1.807, 2.05) is 0 Å². The molecule has 2 nitrogen and oxygen atoms in total. The minimum Gasteiger partial charge on any atom is -0.494 e. The van der Waals surface area contributed by atoms with Crippen LogP contribution in [0.5, 0.6) is 11.5 Å². The lowest BCUT2D eigenvalue weighted by atomic mass is 9.78. The summed E-state index contributed by atoms with van der Waals surface area (Å²) in [7, 11) is 0. The van der Waals surface area contributed by atoms with Gasteiger partial charge in [-0.15, -0.1) is 0 Å². The fourth-order valence-corrected chi connectivity index (χ4v) is 5.79. The van der Waals surface area contributed by atoms with E-state index in [-0.39, 0.29) is 5.41 Å². The summed E-state index contributed by atoms with van der Waals surface area (Å²) < 4.78 is 12.0. The van der Waals surface area contributed by atoms with Gasteiger partial charge in [-0.2, -0.15) is 0 Å². The monoisotopic (exact) mass is 664 g/mol. The molecule has 2 aromatic carbocycles. The minimum absolute atomic E-state index is 0.0694. The first-order valence-electron chi connectivity index (χ1n) is 15.7. The molecule has 0 fully saturated rings. The van der Waals surface area contributed by atoms with Gasteiger partial charge in [0.25, 0.3) is 0 Å². The maximum Gasteiger partial charge on any atom is 0.119 e. The average molecular weight is 667 g/mol. The molecule has 0 saturated heterocycles. The van der Waals surface area contributed by atoms with Gasteiger partial charge in [-0.3, -0.25) is 0 Å². The normalized spacial score (nSPS) is 11.6. The van der Waals surface area contributed by atoms with Crippen LogP contribution >= 0.6 is 31.9 Å². The zero-order valence-electron chi connectivity index (χ0n) is 24.8. The predicted molar refractivity (Wildman–Crippen MR) is 177 cm³/mol. The van der Waals surface area contributed by atoms with Crippen LogP contribution in [0.4, 0.5) is 0 Å². The molecule has 0 spiro atoms. The Morgan fingerprint density at radius 2 is 0.718 bits per heavy atom. The standard InChI is InChI=1S/C35H54Br2O2/c1-35(2,31-19-23-33(24-20-31)38-29-17-13-9-5-3-7-11-15-27-36)32-21-25-34(26-22-32)39-30-18-14-10-6-4-8-12-16-28-37/h19-26H,3-18,27-30H2,1-2H3. The first-order chi connectivity index (χ1) is 19.1. The SMILES string of the molecule is CC(C)(c1ccc(OCCCCCCCCCCBr)cc1)c1ccc(OCCCCCCCCCCBr)cc1. The number of hydrogen-bond donors (Lipinski definition) is 0. The van der Waals surface area contributed by atoms with Crippen molar-refractivity contribution in [3.63, 3.8) is 0 Å². The van der Waals surface area contributed by atoms with E-state index in [2.05, 4.69) is 94.2 Å².